The van der Waals surface area contributed by atoms with E-state index in [1.807, 2.05) is 23.9 Å². The maximum atomic E-state index is 6.19. The summed E-state index contributed by atoms with van der Waals surface area (Å²) in [5.74, 6) is 2.12. The molecular formula is C16H27N3OS. The van der Waals surface area contributed by atoms with Crippen molar-refractivity contribution in [3.8, 4) is 5.75 Å². The summed E-state index contributed by atoms with van der Waals surface area (Å²) >= 11 is 1.87. The zero-order valence-electron chi connectivity index (χ0n) is 13.1. The lowest BCUT2D eigenvalue weighted by atomic mass is 10.2. The van der Waals surface area contributed by atoms with E-state index in [1.165, 1.54) is 5.69 Å². The Bertz CT molecular complexity index is 422. The van der Waals surface area contributed by atoms with Gasteiger partial charge in [-0.05, 0) is 30.6 Å². The molecule has 118 valence electrons. The second-order valence-electron chi connectivity index (χ2n) is 5.50. The summed E-state index contributed by atoms with van der Waals surface area (Å²) in [5.41, 5.74) is 7.39. The van der Waals surface area contributed by atoms with Crippen molar-refractivity contribution in [2.24, 2.45) is 5.73 Å². The average molecular weight is 309 g/mol. The smallest absolute Gasteiger partial charge is 0.142 e. The van der Waals surface area contributed by atoms with E-state index < -0.39 is 0 Å². The lowest BCUT2D eigenvalue weighted by Gasteiger charge is -2.37. The maximum Gasteiger partial charge on any atom is 0.142 e. The molecule has 21 heavy (non-hydrogen) atoms. The van der Waals surface area contributed by atoms with Crippen molar-refractivity contribution in [2.45, 2.75) is 12.5 Å². The highest BCUT2D eigenvalue weighted by molar-refractivity contribution is 7.98. The molecule has 2 N–H and O–H groups in total. The molecule has 1 atom stereocenters. The minimum absolute atomic E-state index is 0.301. The van der Waals surface area contributed by atoms with Gasteiger partial charge in [0.05, 0.1) is 12.8 Å². The molecule has 0 bridgehead atoms. The first-order chi connectivity index (χ1) is 10.2. The minimum Gasteiger partial charge on any atom is -0.495 e. The zero-order valence-corrected chi connectivity index (χ0v) is 13.9. The second kappa shape index (κ2) is 8.51. The molecule has 1 aliphatic rings. The number of para-hydroxylation sites is 2. The number of nitrogens with zero attached hydrogens (tertiary/aromatic N) is 2. The van der Waals surface area contributed by atoms with E-state index in [-0.39, 0.29) is 0 Å². The lowest BCUT2D eigenvalue weighted by molar-refractivity contribution is 0.240. The molecule has 0 aliphatic carbocycles. The Labute approximate surface area is 132 Å². The average Bonchev–Trinajstić information content (AvgIpc) is 2.53. The third-order valence-electron chi connectivity index (χ3n) is 3.98. The summed E-state index contributed by atoms with van der Waals surface area (Å²) in [6.45, 7) is 5.24. The molecule has 0 amide bonds. The number of hydrogen-bond acceptors (Lipinski definition) is 5. The molecule has 1 aromatic carbocycles. The van der Waals surface area contributed by atoms with Crippen LogP contribution in [0, 0.1) is 0 Å². The molecule has 5 heteroatoms. The van der Waals surface area contributed by atoms with Gasteiger partial charge in [-0.25, -0.2) is 0 Å². The predicted octanol–water partition coefficient (Wildman–Crippen LogP) is 1.90. The van der Waals surface area contributed by atoms with Gasteiger partial charge in [0.25, 0.3) is 0 Å². The number of thioether (sulfide) groups is 1. The van der Waals surface area contributed by atoms with E-state index >= 15 is 0 Å². The number of methoxy groups -OCH3 is 1. The van der Waals surface area contributed by atoms with Crippen molar-refractivity contribution in [1.29, 1.82) is 0 Å². The third-order valence-corrected chi connectivity index (χ3v) is 4.63. The Morgan fingerprint density at radius 2 is 1.95 bits per heavy atom. The van der Waals surface area contributed by atoms with Crippen LogP contribution in [-0.4, -0.2) is 62.8 Å². The SMILES string of the molecule is COc1ccccc1N1CCN(C[C@@H](N)CCSC)CC1. The Hall–Kier alpha value is -0.910. The van der Waals surface area contributed by atoms with Crippen LogP contribution < -0.4 is 15.4 Å². The van der Waals surface area contributed by atoms with Crippen LogP contribution in [0.2, 0.25) is 0 Å². The van der Waals surface area contributed by atoms with E-state index in [2.05, 4.69) is 28.2 Å². The second-order valence-corrected chi connectivity index (χ2v) is 6.49. The van der Waals surface area contributed by atoms with E-state index in [9.17, 15) is 0 Å². The van der Waals surface area contributed by atoms with Crippen molar-refractivity contribution in [2.75, 3.05) is 56.7 Å². The normalized spacial score (nSPS) is 17.8. The molecule has 0 saturated carbocycles. The van der Waals surface area contributed by atoms with Crippen LogP contribution in [0.3, 0.4) is 0 Å². The molecule has 0 radical (unpaired) electrons. The fourth-order valence-corrected chi connectivity index (χ4v) is 3.29. The molecule has 1 aliphatic heterocycles. The van der Waals surface area contributed by atoms with Crippen LogP contribution in [0.4, 0.5) is 5.69 Å². The monoisotopic (exact) mass is 309 g/mol. The van der Waals surface area contributed by atoms with Gasteiger partial charge in [-0.2, -0.15) is 11.8 Å². The Kier molecular flexibility index (Phi) is 6.67. The summed E-state index contributed by atoms with van der Waals surface area (Å²) in [6.07, 6.45) is 3.24. The summed E-state index contributed by atoms with van der Waals surface area (Å²) in [4.78, 5) is 4.89. The van der Waals surface area contributed by atoms with Gasteiger partial charge >= 0.3 is 0 Å². The standard InChI is InChI=1S/C16H27N3OS/c1-20-16-6-4-3-5-15(16)19-10-8-18(9-11-19)13-14(17)7-12-21-2/h3-6,14H,7-13,17H2,1-2H3/t14-/m0/s1. The zero-order chi connectivity index (χ0) is 15.1. The first kappa shape index (κ1) is 16.5. The van der Waals surface area contributed by atoms with Gasteiger partial charge in [-0.1, -0.05) is 12.1 Å². The van der Waals surface area contributed by atoms with Gasteiger partial charge in [-0.15, -0.1) is 0 Å². The van der Waals surface area contributed by atoms with Crippen LogP contribution in [0.25, 0.3) is 0 Å². The molecule has 4 nitrogen and oxygen atoms in total. The van der Waals surface area contributed by atoms with Gasteiger partial charge in [0.15, 0.2) is 0 Å². The van der Waals surface area contributed by atoms with Gasteiger partial charge in [0, 0.05) is 38.8 Å². The van der Waals surface area contributed by atoms with Gasteiger partial charge in [0.1, 0.15) is 5.75 Å². The highest BCUT2D eigenvalue weighted by Crippen LogP contribution is 2.28. The molecule has 1 fully saturated rings. The van der Waals surface area contributed by atoms with E-state index in [4.69, 9.17) is 10.5 Å². The fraction of sp³-hybridized carbons (Fsp3) is 0.625. The first-order valence-corrected chi connectivity index (χ1v) is 8.99. The van der Waals surface area contributed by atoms with Gasteiger partial charge in [0.2, 0.25) is 0 Å². The van der Waals surface area contributed by atoms with Crippen LogP contribution in [-0.2, 0) is 0 Å². The minimum atomic E-state index is 0.301. The predicted molar refractivity (Wildman–Crippen MR) is 92.6 cm³/mol. The van der Waals surface area contributed by atoms with E-state index in [0.29, 0.717) is 6.04 Å². The van der Waals surface area contributed by atoms with Gasteiger partial charge in [-0.3, -0.25) is 4.90 Å². The van der Waals surface area contributed by atoms with E-state index in [1.54, 1.807) is 7.11 Å². The topological polar surface area (TPSA) is 41.7 Å². The Morgan fingerprint density at radius 1 is 1.24 bits per heavy atom. The number of nitrogens with two attached hydrogens (primary N) is 1. The van der Waals surface area contributed by atoms with Crippen LogP contribution in [0.15, 0.2) is 24.3 Å². The highest BCUT2D eigenvalue weighted by Gasteiger charge is 2.20. The molecule has 0 unspecified atom stereocenters. The van der Waals surface area contributed by atoms with Crippen LogP contribution in [0.1, 0.15) is 6.42 Å². The third kappa shape index (κ3) is 4.80. The molecule has 0 spiro atoms. The Balaban J connectivity index is 1.83. The largest absolute Gasteiger partial charge is 0.495 e. The first-order valence-electron chi connectivity index (χ1n) is 7.59. The Morgan fingerprint density at radius 3 is 2.62 bits per heavy atom. The summed E-state index contributed by atoms with van der Waals surface area (Å²) in [5, 5.41) is 0. The van der Waals surface area contributed by atoms with Crippen molar-refractivity contribution < 1.29 is 4.74 Å². The van der Waals surface area contributed by atoms with Gasteiger partial charge < -0.3 is 15.4 Å². The summed E-state index contributed by atoms with van der Waals surface area (Å²) < 4.78 is 5.46. The number of benzene rings is 1. The number of ether oxygens (including phenoxy) is 1. The molecule has 2 rings (SSSR count). The van der Waals surface area contributed by atoms with Crippen molar-refractivity contribution in [3.63, 3.8) is 0 Å². The van der Waals surface area contributed by atoms with Crippen molar-refractivity contribution >= 4 is 17.4 Å². The maximum absolute atomic E-state index is 6.19. The fourth-order valence-electron chi connectivity index (χ4n) is 2.75. The summed E-state index contributed by atoms with van der Waals surface area (Å²) in [6, 6.07) is 8.56. The number of rotatable bonds is 7. The summed E-state index contributed by atoms with van der Waals surface area (Å²) in [7, 11) is 1.74. The molecular weight excluding hydrogens is 282 g/mol. The molecule has 1 saturated heterocycles. The molecule has 1 heterocycles. The molecule has 1 aromatic rings. The lowest BCUT2D eigenvalue weighted by Crippen LogP contribution is -2.50. The number of anilines is 1. The van der Waals surface area contributed by atoms with Crippen molar-refractivity contribution in [3.05, 3.63) is 24.3 Å². The number of piperazine rings is 1. The molecule has 0 aromatic heterocycles. The van der Waals surface area contributed by atoms with Crippen LogP contribution >= 0.6 is 11.8 Å². The number of hydrogen-bond donors (Lipinski definition) is 1. The van der Waals surface area contributed by atoms with Crippen molar-refractivity contribution in [1.82, 2.24) is 4.90 Å². The highest BCUT2D eigenvalue weighted by atomic mass is 32.2. The quantitative estimate of drug-likeness (QED) is 0.833. The van der Waals surface area contributed by atoms with Crippen LogP contribution in [0.5, 0.6) is 5.75 Å². The van der Waals surface area contributed by atoms with E-state index in [0.717, 1.165) is 50.6 Å².